The average molecular weight is 292 g/mol. The average Bonchev–Trinajstić information content (AvgIpc) is 2.94. The van der Waals surface area contributed by atoms with E-state index in [0.717, 1.165) is 11.3 Å². The molecule has 2 amide bonds. The van der Waals surface area contributed by atoms with Gasteiger partial charge in [0.25, 0.3) is 11.8 Å². The normalized spacial score (nSPS) is 10.1. The molecule has 4 nitrogen and oxygen atoms in total. The van der Waals surface area contributed by atoms with Gasteiger partial charge in [-0.05, 0) is 42.8 Å². The number of aryl methyl sites for hydroxylation is 1. The lowest BCUT2D eigenvalue weighted by atomic mass is 10.2. The summed E-state index contributed by atoms with van der Waals surface area (Å²) in [6, 6.07) is 8.64. The molecule has 20 heavy (non-hydrogen) atoms. The van der Waals surface area contributed by atoms with Crippen LogP contribution in [-0.2, 0) is 6.42 Å². The molecule has 0 aliphatic carbocycles. The van der Waals surface area contributed by atoms with Crippen LogP contribution in [0.15, 0.2) is 36.4 Å². The summed E-state index contributed by atoms with van der Waals surface area (Å²) in [4.78, 5) is 25.1. The van der Waals surface area contributed by atoms with Crippen molar-refractivity contribution in [2.24, 2.45) is 0 Å². The Kier molecular flexibility index (Phi) is 4.47. The fraction of sp³-hybridized carbons (Fsp3) is 0.143. The van der Waals surface area contributed by atoms with Gasteiger partial charge in [-0.2, -0.15) is 0 Å². The van der Waals surface area contributed by atoms with Crippen LogP contribution in [0.1, 0.15) is 31.8 Å². The van der Waals surface area contributed by atoms with Gasteiger partial charge >= 0.3 is 0 Å². The molecule has 0 saturated carbocycles. The summed E-state index contributed by atoms with van der Waals surface area (Å²) in [5.74, 6) is -1.29. The highest BCUT2D eigenvalue weighted by atomic mass is 32.1. The molecule has 0 unspecified atom stereocenters. The van der Waals surface area contributed by atoms with Gasteiger partial charge in [-0.25, -0.2) is 4.39 Å². The summed E-state index contributed by atoms with van der Waals surface area (Å²) in [6.07, 6.45) is 0.861. The van der Waals surface area contributed by atoms with Gasteiger partial charge < -0.3 is 0 Å². The van der Waals surface area contributed by atoms with Crippen LogP contribution in [-0.4, -0.2) is 11.8 Å². The van der Waals surface area contributed by atoms with Crippen LogP contribution in [0.3, 0.4) is 0 Å². The second-order valence-electron chi connectivity index (χ2n) is 4.03. The van der Waals surface area contributed by atoms with Crippen molar-refractivity contribution < 1.29 is 14.0 Å². The van der Waals surface area contributed by atoms with E-state index in [9.17, 15) is 14.0 Å². The number of carbonyl (C=O) groups excluding carboxylic acids is 2. The van der Waals surface area contributed by atoms with E-state index in [4.69, 9.17) is 0 Å². The molecule has 2 rings (SSSR count). The van der Waals surface area contributed by atoms with E-state index in [-0.39, 0.29) is 11.5 Å². The first-order valence-electron chi connectivity index (χ1n) is 6.05. The number of thiophene rings is 1. The Morgan fingerprint density at radius 2 is 1.70 bits per heavy atom. The largest absolute Gasteiger partial charge is 0.279 e. The minimum absolute atomic E-state index is 0.270. The highest BCUT2D eigenvalue weighted by Crippen LogP contribution is 2.16. The molecule has 2 aromatic rings. The van der Waals surface area contributed by atoms with Gasteiger partial charge in [-0.3, -0.25) is 20.4 Å². The summed E-state index contributed by atoms with van der Waals surface area (Å²) in [5, 5.41) is 0. The first-order chi connectivity index (χ1) is 9.60. The van der Waals surface area contributed by atoms with Crippen LogP contribution < -0.4 is 10.9 Å². The molecule has 6 heteroatoms. The molecule has 0 saturated heterocycles. The van der Waals surface area contributed by atoms with Gasteiger partial charge in [0.1, 0.15) is 5.82 Å². The Bertz CT molecular complexity index is 622. The van der Waals surface area contributed by atoms with Crippen molar-refractivity contribution in [2.45, 2.75) is 13.3 Å². The van der Waals surface area contributed by atoms with E-state index in [1.807, 2.05) is 13.0 Å². The lowest BCUT2D eigenvalue weighted by molar-refractivity contribution is 0.0849. The van der Waals surface area contributed by atoms with E-state index in [2.05, 4.69) is 10.9 Å². The first kappa shape index (κ1) is 14.2. The topological polar surface area (TPSA) is 58.2 Å². The third-order valence-electron chi connectivity index (χ3n) is 2.63. The number of benzene rings is 1. The molecule has 1 heterocycles. The van der Waals surface area contributed by atoms with Gasteiger partial charge in [0, 0.05) is 10.4 Å². The Labute approximate surface area is 119 Å². The Morgan fingerprint density at radius 1 is 1.05 bits per heavy atom. The Morgan fingerprint density at radius 3 is 2.30 bits per heavy atom. The number of nitrogens with one attached hydrogen (secondary N) is 2. The highest BCUT2D eigenvalue weighted by Gasteiger charge is 2.11. The summed E-state index contributed by atoms with van der Waals surface area (Å²) >= 11 is 1.38. The maximum absolute atomic E-state index is 12.7. The maximum Gasteiger partial charge on any atom is 0.279 e. The standard InChI is InChI=1S/C14H13FN2O2S/c1-2-11-7-8-12(20-11)14(19)17-16-13(18)9-3-5-10(15)6-4-9/h3-8H,2H2,1H3,(H,16,18)(H,17,19). The summed E-state index contributed by atoms with van der Waals surface area (Å²) in [6.45, 7) is 2.00. The second kappa shape index (κ2) is 6.29. The lowest BCUT2D eigenvalue weighted by Crippen LogP contribution is -2.41. The van der Waals surface area contributed by atoms with E-state index < -0.39 is 11.7 Å². The number of amides is 2. The smallest absolute Gasteiger partial charge is 0.267 e. The van der Waals surface area contributed by atoms with E-state index in [0.29, 0.717) is 4.88 Å². The fourth-order valence-corrected chi connectivity index (χ4v) is 2.38. The molecule has 0 atom stereocenters. The van der Waals surface area contributed by atoms with Crippen molar-refractivity contribution in [3.63, 3.8) is 0 Å². The fourth-order valence-electron chi connectivity index (χ4n) is 1.54. The van der Waals surface area contributed by atoms with Crippen molar-refractivity contribution in [3.05, 3.63) is 57.5 Å². The number of hydrazine groups is 1. The van der Waals surface area contributed by atoms with Gasteiger partial charge in [-0.1, -0.05) is 6.92 Å². The van der Waals surface area contributed by atoms with Crippen LogP contribution in [0.5, 0.6) is 0 Å². The van der Waals surface area contributed by atoms with Crippen LogP contribution >= 0.6 is 11.3 Å². The zero-order valence-corrected chi connectivity index (χ0v) is 11.6. The third kappa shape index (κ3) is 3.42. The van der Waals surface area contributed by atoms with Crippen LogP contribution in [0.25, 0.3) is 0 Å². The predicted molar refractivity (Wildman–Crippen MR) is 75.0 cm³/mol. The number of rotatable bonds is 3. The van der Waals surface area contributed by atoms with E-state index >= 15 is 0 Å². The maximum atomic E-state index is 12.7. The molecule has 2 N–H and O–H groups in total. The number of hydrogen-bond acceptors (Lipinski definition) is 3. The zero-order chi connectivity index (χ0) is 14.5. The molecule has 0 aliphatic heterocycles. The van der Waals surface area contributed by atoms with Gasteiger partial charge in [0.05, 0.1) is 4.88 Å². The highest BCUT2D eigenvalue weighted by molar-refractivity contribution is 7.14. The van der Waals surface area contributed by atoms with Crippen LogP contribution in [0.4, 0.5) is 4.39 Å². The molecule has 0 radical (unpaired) electrons. The van der Waals surface area contributed by atoms with Crippen molar-refractivity contribution in [1.82, 2.24) is 10.9 Å². The summed E-state index contributed by atoms with van der Waals surface area (Å²) < 4.78 is 12.7. The Hall–Kier alpha value is -2.21. The number of carbonyl (C=O) groups is 2. The molecule has 0 aliphatic rings. The number of hydrogen-bond donors (Lipinski definition) is 2. The van der Waals surface area contributed by atoms with Crippen molar-refractivity contribution >= 4 is 23.2 Å². The quantitative estimate of drug-likeness (QED) is 0.854. The second-order valence-corrected chi connectivity index (χ2v) is 5.20. The Balaban J connectivity index is 1.93. The van der Waals surface area contributed by atoms with Gasteiger partial charge in [0.2, 0.25) is 0 Å². The van der Waals surface area contributed by atoms with Crippen LogP contribution in [0, 0.1) is 5.82 Å². The summed E-state index contributed by atoms with van der Waals surface area (Å²) in [7, 11) is 0. The van der Waals surface area contributed by atoms with Gasteiger partial charge in [0.15, 0.2) is 0 Å². The molecule has 1 aromatic carbocycles. The molecule has 104 valence electrons. The molecule has 0 fully saturated rings. The molecular formula is C14H13FN2O2S. The summed E-state index contributed by atoms with van der Waals surface area (Å²) in [5.41, 5.74) is 4.89. The van der Waals surface area contributed by atoms with E-state index in [1.165, 1.54) is 35.6 Å². The first-order valence-corrected chi connectivity index (χ1v) is 6.86. The lowest BCUT2D eigenvalue weighted by Gasteiger charge is -2.06. The van der Waals surface area contributed by atoms with Crippen molar-refractivity contribution in [3.8, 4) is 0 Å². The zero-order valence-electron chi connectivity index (χ0n) is 10.8. The van der Waals surface area contributed by atoms with Crippen LogP contribution in [0.2, 0.25) is 0 Å². The minimum Gasteiger partial charge on any atom is -0.267 e. The molecular weight excluding hydrogens is 279 g/mol. The van der Waals surface area contributed by atoms with E-state index in [1.54, 1.807) is 6.07 Å². The third-order valence-corrected chi connectivity index (χ3v) is 3.86. The SMILES string of the molecule is CCc1ccc(C(=O)NNC(=O)c2ccc(F)cc2)s1. The van der Waals surface area contributed by atoms with Crippen molar-refractivity contribution in [2.75, 3.05) is 0 Å². The van der Waals surface area contributed by atoms with Gasteiger partial charge in [-0.15, -0.1) is 11.3 Å². The monoisotopic (exact) mass is 292 g/mol. The minimum atomic E-state index is -0.495. The number of halogens is 1. The van der Waals surface area contributed by atoms with Crippen molar-refractivity contribution in [1.29, 1.82) is 0 Å². The molecule has 1 aromatic heterocycles. The predicted octanol–water partition coefficient (Wildman–Crippen LogP) is 2.52. The molecule has 0 spiro atoms. The molecule has 0 bridgehead atoms.